The van der Waals surface area contributed by atoms with Crippen LogP contribution in [0.3, 0.4) is 0 Å². The van der Waals surface area contributed by atoms with Crippen molar-refractivity contribution in [1.29, 1.82) is 0 Å². The Kier molecular flexibility index (Phi) is 3.80. The number of nitrogens with zero attached hydrogens (tertiary/aromatic N) is 6. The van der Waals surface area contributed by atoms with Gasteiger partial charge in [0.05, 0.1) is 17.3 Å². The number of hydrogen-bond donors (Lipinski definition) is 0. The normalized spacial score (nSPS) is 23.7. The zero-order valence-electron chi connectivity index (χ0n) is 15.7. The number of aromatic nitrogens is 4. The van der Waals surface area contributed by atoms with Gasteiger partial charge >= 0.3 is 0 Å². The predicted molar refractivity (Wildman–Crippen MR) is 93.1 cm³/mol. The number of rotatable bonds is 3. The summed E-state index contributed by atoms with van der Waals surface area (Å²) < 4.78 is 35.1. The maximum absolute atomic E-state index is 13.1. The molecule has 4 rings (SSSR count). The van der Waals surface area contributed by atoms with Crippen LogP contribution in [-0.4, -0.2) is 70.8 Å². The molecular weight excluding hydrogens is 356 g/mol. The summed E-state index contributed by atoms with van der Waals surface area (Å²) in [7, 11) is 0.243. The molecule has 10 heteroatoms. The van der Waals surface area contributed by atoms with E-state index in [9.17, 15) is 8.42 Å². The van der Waals surface area contributed by atoms with Crippen molar-refractivity contribution in [2.75, 3.05) is 33.2 Å². The first-order valence-corrected chi connectivity index (χ1v) is 10.1. The lowest BCUT2D eigenvalue weighted by atomic mass is 9.73. The summed E-state index contributed by atoms with van der Waals surface area (Å²) in [5, 5.41) is 12.4. The maximum atomic E-state index is 13.1. The number of hydrogen-bond acceptors (Lipinski definition) is 7. The highest BCUT2D eigenvalue weighted by Crippen LogP contribution is 2.50. The van der Waals surface area contributed by atoms with E-state index in [1.54, 1.807) is 36.8 Å². The highest BCUT2D eigenvalue weighted by Gasteiger charge is 2.59. The van der Waals surface area contributed by atoms with Gasteiger partial charge in [-0.15, -0.1) is 10.2 Å². The molecule has 0 amide bonds. The molecule has 2 aliphatic heterocycles. The second kappa shape index (κ2) is 5.61. The average molecular weight is 380 g/mol. The summed E-state index contributed by atoms with van der Waals surface area (Å²) >= 11 is 0. The SMILES string of the molecule is Cc1nnc(C2CN(C)CC23CN(S(=O)(=O)c2c(C)nn(C)c2C)C3)o1. The summed E-state index contributed by atoms with van der Waals surface area (Å²) in [6.07, 6.45) is 0. The molecule has 1 spiro atoms. The van der Waals surface area contributed by atoms with E-state index in [0.29, 0.717) is 41.2 Å². The van der Waals surface area contributed by atoms with Crippen LogP contribution in [0.4, 0.5) is 0 Å². The van der Waals surface area contributed by atoms with E-state index in [4.69, 9.17) is 4.42 Å². The fourth-order valence-corrected chi connectivity index (χ4v) is 6.45. The third-order valence-electron chi connectivity index (χ3n) is 5.68. The van der Waals surface area contributed by atoms with E-state index in [0.717, 1.165) is 13.1 Å². The van der Waals surface area contributed by atoms with Gasteiger partial charge in [0.2, 0.25) is 21.8 Å². The number of aryl methyl sites for hydroxylation is 3. The van der Waals surface area contributed by atoms with Crippen molar-refractivity contribution in [1.82, 2.24) is 29.2 Å². The molecule has 1 unspecified atom stereocenters. The fourth-order valence-electron chi connectivity index (χ4n) is 4.41. The largest absolute Gasteiger partial charge is 0.425 e. The van der Waals surface area contributed by atoms with Crippen LogP contribution in [0.15, 0.2) is 9.31 Å². The van der Waals surface area contributed by atoms with Crippen LogP contribution in [0.5, 0.6) is 0 Å². The van der Waals surface area contributed by atoms with Crippen LogP contribution in [0, 0.1) is 26.2 Å². The zero-order chi connectivity index (χ0) is 18.9. The van der Waals surface area contributed by atoms with Gasteiger partial charge in [-0.05, 0) is 20.9 Å². The van der Waals surface area contributed by atoms with Gasteiger partial charge in [0.1, 0.15) is 4.90 Å². The Balaban J connectivity index is 1.62. The van der Waals surface area contributed by atoms with Crippen molar-refractivity contribution < 1.29 is 12.8 Å². The Hall–Kier alpha value is -1.78. The first-order chi connectivity index (χ1) is 12.1. The Labute approximate surface area is 153 Å². The molecule has 0 N–H and O–H groups in total. The lowest BCUT2D eigenvalue weighted by molar-refractivity contribution is 0.0580. The molecule has 2 saturated heterocycles. The van der Waals surface area contributed by atoms with Crippen LogP contribution in [0.25, 0.3) is 0 Å². The van der Waals surface area contributed by atoms with E-state index in [2.05, 4.69) is 20.2 Å². The molecule has 9 nitrogen and oxygen atoms in total. The van der Waals surface area contributed by atoms with Crippen molar-refractivity contribution >= 4 is 10.0 Å². The highest BCUT2D eigenvalue weighted by molar-refractivity contribution is 7.89. The van der Waals surface area contributed by atoms with Gasteiger partial charge in [-0.25, -0.2) is 8.42 Å². The number of likely N-dealkylation sites (tertiary alicyclic amines) is 1. The van der Waals surface area contributed by atoms with Crippen molar-refractivity contribution in [3.05, 3.63) is 23.2 Å². The van der Waals surface area contributed by atoms with Gasteiger partial charge in [0.15, 0.2) is 0 Å². The van der Waals surface area contributed by atoms with Gasteiger partial charge in [-0.2, -0.15) is 9.40 Å². The van der Waals surface area contributed by atoms with E-state index >= 15 is 0 Å². The van der Waals surface area contributed by atoms with Gasteiger partial charge < -0.3 is 9.32 Å². The van der Waals surface area contributed by atoms with Crippen LogP contribution in [0.2, 0.25) is 0 Å². The van der Waals surface area contributed by atoms with E-state index in [1.807, 2.05) is 7.05 Å². The smallest absolute Gasteiger partial charge is 0.246 e. The van der Waals surface area contributed by atoms with Crippen molar-refractivity contribution in [2.24, 2.45) is 12.5 Å². The standard InChI is InChI=1S/C16H24N6O3S/c1-10-14(11(2)21(5)19-10)26(23,24)22-8-16(9-22)7-20(4)6-13(16)15-18-17-12(3)25-15/h13H,6-9H2,1-5H3. The van der Waals surface area contributed by atoms with Crippen LogP contribution in [0.1, 0.15) is 29.1 Å². The minimum absolute atomic E-state index is 0.0521. The Morgan fingerprint density at radius 3 is 2.35 bits per heavy atom. The van der Waals surface area contributed by atoms with Crippen LogP contribution < -0.4 is 0 Å². The minimum atomic E-state index is -3.56. The van der Waals surface area contributed by atoms with E-state index in [-0.39, 0.29) is 11.3 Å². The van der Waals surface area contributed by atoms with Gasteiger partial charge in [0, 0.05) is 45.6 Å². The highest BCUT2D eigenvalue weighted by atomic mass is 32.2. The molecule has 0 aliphatic carbocycles. The zero-order valence-corrected chi connectivity index (χ0v) is 16.5. The van der Waals surface area contributed by atoms with Crippen molar-refractivity contribution in [3.8, 4) is 0 Å². The van der Waals surface area contributed by atoms with Crippen LogP contribution in [-0.2, 0) is 17.1 Å². The van der Waals surface area contributed by atoms with Crippen molar-refractivity contribution in [2.45, 2.75) is 31.6 Å². The summed E-state index contributed by atoms with van der Waals surface area (Å²) in [6, 6.07) is 0. The van der Waals surface area contributed by atoms with Gasteiger partial charge in [0.25, 0.3) is 0 Å². The van der Waals surface area contributed by atoms with Crippen LogP contribution >= 0.6 is 0 Å². The Morgan fingerprint density at radius 2 is 1.81 bits per heavy atom. The molecule has 2 aliphatic rings. The monoisotopic (exact) mass is 380 g/mol. The first kappa shape index (κ1) is 17.6. The van der Waals surface area contributed by atoms with Gasteiger partial charge in [-0.1, -0.05) is 0 Å². The maximum Gasteiger partial charge on any atom is 0.246 e. The lowest BCUT2D eigenvalue weighted by Crippen LogP contribution is -2.61. The molecule has 26 heavy (non-hydrogen) atoms. The van der Waals surface area contributed by atoms with E-state index < -0.39 is 10.0 Å². The molecule has 1 atom stereocenters. The average Bonchev–Trinajstić information content (AvgIpc) is 3.14. The molecule has 0 aromatic carbocycles. The fraction of sp³-hybridized carbons (Fsp3) is 0.688. The molecule has 2 aromatic rings. The van der Waals surface area contributed by atoms with E-state index in [1.165, 1.54) is 0 Å². The molecular formula is C16H24N6O3S. The summed E-state index contributed by atoms with van der Waals surface area (Å²) in [5.41, 5.74) is 1.03. The second-order valence-electron chi connectivity index (χ2n) is 7.67. The molecule has 2 aromatic heterocycles. The summed E-state index contributed by atoms with van der Waals surface area (Å²) in [5.74, 6) is 1.20. The summed E-state index contributed by atoms with van der Waals surface area (Å²) in [4.78, 5) is 2.53. The number of sulfonamides is 1. The molecule has 4 heterocycles. The lowest BCUT2D eigenvalue weighted by Gasteiger charge is -2.49. The Morgan fingerprint density at radius 1 is 1.12 bits per heavy atom. The third kappa shape index (κ3) is 2.43. The molecule has 142 valence electrons. The quantitative estimate of drug-likeness (QED) is 0.762. The predicted octanol–water partition coefficient (Wildman–Crippen LogP) is 0.448. The molecule has 0 bridgehead atoms. The molecule has 0 saturated carbocycles. The molecule has 0 radical (unpaired) electrons. The topological polar surface area (TPSA) is 97.4 Å². The Bertz CT molecular complexity index is 957. The number of likely N-dealkylation sites (N-methyl/N-ethyl adjacent to an activating group) is 1. The minimum Gasteiger partial charge on any atom is -0.425 e. The summed E-state index contributed by atoms with van der Waals surface area (Å²) in [6.45, 7) is 7.82. The van der Waals surface area contributed by atoms with Crippen molar-refractivity contribution in [3.63, 3.8) is 0 Å². The second-order valence-corrected chi connectivity index (χ2v) is 9.54. The van der Waals surface area contributed by atoms with Gasteiger partial charge in [-0.3, -0.25) is 4.68 Å². The third-order valence-corrected chi connectivity index (χ3v) is 7.73. The molecule has 2 fully saturated rings. The first-order valence-electron chi connectivity index (χ1n) is 8.63.